The highest BCUT2D eigenvalue weighted by Gasteiger charge is 2.39. The number of aliphatic hydroxyl groups excluding tert-OH is 3. The highest BCUT2D eigenvalue weighted by atomic mass is 16.4. The van der Waals surface area contributed by atoms with Crippen molar-refractivity contribution in [1.82, 2.24) is 31.5 Å². The topological polar surface area (TPSA) is 290 Å². The van der Waals surface area contributed by atoms with Crippen molar-refractivity contribution < 1.29 is 54.0 Å². The molecule has 1 aliphatic rings. The summed E-state index contributed by atoms with van der Waals surface area (Å²) in [4.78, 5) is 86.9. The minimum atomic E-state index is -1.61. The molecule has 0 saturated carbocycles. The van der Waals surface area contributed by atoms with E-state index < -0.39 is 97.0 Å². The molecule has 0 aromatic heterocycles. The molecule has 6 amide bonds. The number of aliphatic carboxylic acids is 1. The number of carboxylic acids is 1. The Kier molecular flexibility index (Phi) is 14.1. The maximum Gasteiger partial charge on any atom is 0.328 e. The first kappa shape index (κ1) is 35.2. The summed E-state index contributed by atoms with van der Waals surface area (Å²) in [6.45, 7) is 1.69. The van der Waals surface area contributed by atoms with Crippen LogP contribution in [0.2, 0.25) is 0 Å². The molecule has 232 valence electrons. The van der Waals surface area contributed by atoms with Gasteiger partial charge in [-0.3, -0.25) is 28.8 Å². The van der Waals surface area contributed by atoms with Gasteiger partial charge >= 0.3 is 5.97 Å². The van der Waals surface area contributed by atoms with Crippen LogP contribution in [0.1, 0.15) is 33.6 Å². The summed E-state index contributed by atoms with van der Waals surface area (Å²) >= 11 is 0. The number of nitrogens with zero attached hydrogens (tertiary/aromatic N) is 1. The van der Waals surface area contributed by atoms with Gasteiger partial charge in [0.05, 0.1) is 25.9 Å². The fraction of sp³-hybridized carbons (Fsp3) is 0.696. The molecule has 0 radical (unpaired) electrons. The summed E-state index contributed by atoms with van der Waals surface area (Å²) in [5.74, 6) is -6.45. The van der Waals surface area contributed by atoms with Crippen molar-refractivity contribution in [3.05, 3.63) is 0 Å². The molecule has 0 aromatic carbocycles. The van der Waals surface area contributed by atoms with Crippen LogP contribution in [0.4, 0.5) is 0 Å². The average Bonchev–Trinajstić information content (AvgIpc) is 3.42. The minimum absolute atomic E-state index is 0.0749. The Bertz CT molecular complexity index is 993. The van der Waals surface area contributed by atoms with Crippen molar-refractivity contribution in [3.63, 3.8) is 0 Å². The summed E-state index contributed by atoms with van der Waals surface area (Å²) in [6.07, 6.45) is -0.848. The van der Waals surface area contributed by atoms with E-state index in [0.717, 1.165) is 4.90 Å². The Morgan fingerprint density at radius 2 is 1.37 bits per heavy atom. The van der Waals surface area contributed by atoms with Crippen LogP contribution >= 0.6 is 0 Å². The monoisotopic (exact) mass is 589 g/mol. The van der Waals surface area contributed by atoms with E-state index in [-0.39, 0.29) is 19.5 Å². The molecule has 0 bridgehead atoms. The van der Waals surface area contributed by atoms with Crippen LogP contribution in [0.5, 0.6) is 0 Å². The number of rotatable bonds is 15. The van der Waals surface area contributed by atoms with Crippen LogP contribution in [0.15, 0.2) is 0 Å². The third kappa shape index (κ3) is 10.2. The predicted molar refractivity (Wildman–Crippen MR) is 138 cm³/mol. The zero-order chi connectivity index (χ0) is 31.4. The molecule has 1 saturated heterocycles. The third-order valence-electron chi connectivity index (χ3n) is 6.21. The summed E-state index contributed by atoms with van der Waals surface area (Å²) in [7, 11) is 0. The minimum Gasteiger partial charge on any atom is -0.480 e. The number of carbonyl (C=O) groups is 7. The lowest BCUT2D eigenvalue weighted by Crippen LogP contribution is -2.60. The molecule has 1 heterocycles. The molecule has 18 nitrogen and oxygen atoms in total. The number of aliphatic hydroxyl groups is 3. The molecule has 0 unspecified atom stereocenters. The van der Waals surface area contributed by atoms with Gasteiger partial charge in [0.2, 0.25) is 35.4 Å². The van der Waals surface area contributed by atoms with Crippen LogP contribution in [0.3, 0.4) is 0 Å². The Labute approximate surface area is 235 Å². The largest absolute Gasteiger partial charge is 0.480 e. The van der Waals surface area contributed by atoms with Gasteiger partial charge in [-0.05, 0) is 33.6 Å². The fourth-order valence-electron chi connectivity index (χ4n) is 3.86. The zero-order valence-electron chi connectivity index (χ0n) is 23.0. The molecular weight excluding hydrogens is 550 g/mol. The van der Waals surface area contributed by atoms with Crippen LogP contribution in [-0.2, 0) is 33.6 Å². The maximum atomic E-state index is 13.1. The van der Waals surface area contributed by atoms with Gasteiger partial charge in [0.25, 0.3) is 0 Å². The second-order valence-electron chi connectivity index (χ2n) is 9.47. The smallest absolute Gasteiger partial charge is 0.328 e. The lowest BCUT2D eigenvalue weighted by Gasteiger charge is -2.29. The van der Waals surface area contributed by atoms with Crippen molar-refractivity contribution in [2.75, 3.05) is 26.3 Å². The Hall–Kier alpha value is -3.87. The van der Waals surface area contributed by atoms with Crippen LogP contribution in [-0.4, -0.2) is 135 Å². The van der Waals surface area contributed by atoms with Gasteiger partial charge in [0.1, 0.15) is 30.2 Å². The number of hydrogen-bond donors (Lipinski definition) is 10. The van der Waals surface area contributed by atoms with E-state index in [9.17, 15) is 48.9 Å². The van der Waals surface area contributed by atoms with Crippen molar-refractivity contribution in [2.24, 2.45) is 5.73 Å². The van der Waals surface area contributed by atoms with E-state index in [1.807, 2.05) is 0 Å². The van der Waals surface area contributed by atoms with Crippen molar-refractivity contribution in [2.45, 2.75) is 76.0 Å². The molecule has 41 heavy (non-hydrogen) atoms. The van der Waals surface area contributed by atoms with Crippen LogP contribution < -0.4 is 32.3 Å². The number of carboxylic acid groups (broad SMARTS) is 1. The number of carbonyl (C=O) groups excluding carboxylic acids is 6. The van der Waals surface area contributed by atoms with E-state index in [4.69, 9.17) is 10.8 Å². The van der Waals surface area contributed by atoms with Crippen LogP contribution in [0, 0.1) is 0 Å². The van der Waals surface area contributed by atoms with Crippen LogP contribution in [0.25, 0.3) is 0 Å². The van der Waals surface area contributed by atoms with E-state index in [0.29, 0.717) is 6.42 Å². The summed E-state index contributed by atoms with van der Waals surface area (Å²) in [5, 5.41) is 49.2. The predicted octanol–water partition coefficient (Wildman–Crippen LogP) is -6.15. The Morgan fingerprint density at radius 3 is 1.88 bits per heavy atom. The first-order valence-electron chi connectivity index (χ1n) is 12.8. The molecule has 1 rings (SSSR count). The van der Waals surface area contributed by atoms with Gasteiger partial charge < -0.3 is 57.6 Å². The summed E-state index contributed by atoms with van der Waals surface area (Å²) < 4.78 is 0. The summed E-state index contributed by atoms with van der Waals surface area (Å²) in [6, 6.07) is -8.13. The first-order valence-corrected chi connectivity index (χ1v) is 12.8. The molecule has 0 aromatic rings. The number of nitrogens with two attached hydrogens (primary N) is 1. The van der Waals surface area contributed by atoms with E-state index >= 15 is 0 Å². The van der Waals surface area contributed by atoms with Crippen molar-refractivity contribution in [1.29, 1.82) is 0 Å². The molecule has 11 N–H and O–H groups in total. The maximum absolute atomic E-state index is 13.1. The lowest BCUT2D eigenvalue weighted by atomic mass is 10.1. The highest BCUT2D eigenvalue weighted by molar-refractivity contribution is 5.97. The van der Waals surface area contributed by atoms with Gasteiger partial charge in [0.15, 0.2) is 6.04 Å². The molecule has 1 fully saturated rings. The molecule has 18 heteroatoms. The van der Waals surface area contributed by atoms with E-state index in [1.54, 1.807) is 0 Å². The van der Waals surface area contributed by atoms with E-state index in [2.05, 4.69) is 26.6 Å². The molecular formula is C23H39N7O11. The Morgan fingerprint density at radius 1 is 0.829 bits per heavy atom. The molecule has 1 aliphatic heterocycles. The zero-order valence-corrected chi connectivity index (χ0v) is 23.0. The second kappa shape index (κ2) is 16.4. The van der Waals surface area contributed by atoms with Gasteiger partial charge in [-0.25, -0.2) is 4.79 Å². The fourth-order valence-corrected chi connectivity index (χ4v) is 3.86. The third-order valence-corrected chi connectivity index (χ3v) is 6.21. The molecule has 0 spiro atoms. The lowest BCUT2D eigenvalue weighted by molar-refractivity contribution is -0.145. The van der Waals surface area contributed by atoms with Gasteiger partial charge in [-0.2, -0.15) is 0 Å². The SMILES string of the molecule is C[C@H](NC(=O)CN)C(=O)N[C@@H](CO)C(=O)N[C@@H](CO)C(=O)N1CCC[C@H]1C(=O)N[C@@H](C)C(=O)N[C@H](C(=O)O)[C@@H](C)O. The highest BCUT2D eigenvalue weighted by Crippen LogP contribution is 2.19. The number of likely N-dealkylation sites (tertiary alicyclic amines) is 1. The van der Waals surface area contributed by atoms with Gasteiger partial charge in [-0.1, -0.05) is 0 Å². The van der Waals surface area contributed by atoms with Gasteiger partial charge in [-0.15, -0.1) is 0 Å². The quantitative estimate of drug-likeness (QED) is 0.0854. The molecule has 7 atom stereocenters. The first-order chi connectivity index (χ1) is 19.2. The average molecular weight is 590 g/mol. The second-order valence-corrected chi connectivity index (χ2v) is 9.47. The normalized spacial score (nSPS) is 19.0. The number of amides is 6. The number of nitrogens with one attached hydrogen (secondary N) is 5. The van der Waals surface area contributed by atoms with E-state index in [1.165, 1.54) is 20.8 Å². The standard InChI is InChI=1S/C23H39N7O11/c1-10(25-16(34)7-24)18(35)27-13(8-31)20(37)28-14(9-32)22(39)30-6-4-5-15(30)21(38)26-11(2)19(36)29-17(12(3)33)23(40)41/h10-15,17,31-33H,4-9,24H2,1-3H3,(H,25,34)(H,26,38)(H,27,35)(H,28,37)(H,29,36)(H,40,41)/t10-,11-,12+,13-,14-,15-,17-/m0/s1. The molecule has 0 aliphatic carbocycles. The number of hydrogen-bond acceptors (Lipinski definition) is 11. The Balaban J connectivity index is 2.84. The van der Waals surface area contributed by atoms with Crippen molar-refractivity contribution >= 4 is 41.4 Å². The summed E-state index contributed by atoms with van der Waals surface area (Å²) in [5.41, 5.74) is 5.17. The van der Waals surface area contributed by atoms with Gasteiger partial charge in [0, 0.05) is 6.54 Å². The van der Waals surface area contributed by atoms with Crippen molar-refractivity contribution in [3.8, 4) is 0 Å².